The fourth-order valence-corrected chi connectivity index (χ4v) is 1.29. The number of aromatic carboxylic acids is 1. The Balaban J connectivity index is 3.14. The quantitative estimate of drug-likeness (QED) is 0.609. The number of rotatable bonds is 4. The fourth-order valence-electron chi connectivity index (χ4n) is 1.29. The van der Waals surface area contributed by atoms with Gasteiger partial charge in [0.25, 0.3) is 5.91 Å². The Morgan fingerprint density at radius 2 is 2.22 bits per heavy atom. The second kappa shape index (κ2) is 6.02. The summed E-state index contributed by atoms with van der Waals surface area (Å²) in [5.41, 5.74) is -0.446. The monoisotopic (exact) mass is 243 g/mol. The number of pyridine rings is 1. The van der Waals surface area contributed by atoms with Crippen molar-refractivity contribution in [3.05, 3.63) is 29.6 Å². The van der Waals surface area contributed by atoms with Gasteiger partial charge in [-0.15, -0.1) is 6.42 Å². The number of nitrogens with zero attached hydrogens (tertiary/aromatic N) is 3. The first-order chi connectivity index (χ1) is 8.61. The third kappa shape index (κ3) is 2.83. The van der Waals surface area contributed by atoms with Gasteiger partial charge in [-0.2, -0.15) is 5.26 Å². The molecule has 1 amide bonds. The van der Waals surface area contributed by atoms with E-state index >= 15 is 0 Å². The maximum Gasteiger partial charge on any atom is 0.338 e. The molecule has 6 nitrogen and oxygen atoms in total. The van der Waals surface area contributed by atoms with Gasteiger partial charge in [0.15, 0.2) is 0 Å². The molecule has 0 aromatic carbocycles. The zero-order valence-corrected chi connectivity index (χ0v) is 9.33. The van der Waals surface area contributed by atoms with Crippen molar-refractivity contribution in [2.45, 2.75) is 0 Å². The van der Waals surface area contributed by atoms with E-state index in [-0.39, 0.29) is 24.3 Å². The minimum absolute atomic E-state index is 0.0813. The van der Waals surface area contributed by atoms with Crippen molar-refractivity contribution < 1.29 is 14.7 Å². The lowest BCUT2D eigenvalue weighted by molar-refractivity contribution is 0.0679. The van der Waals surface area contributed by atoms with Crippen LogP contribution in [0.3, 0.4) is 0 Å². The van der Waals surface area contributed by atoms with Crippen LogP contribution in [-0.2, 0) is 0 Å². The van der Waals surface area contributed by atoms with Crippen LogP contribution in [0.25, 0.3) is 0 Å². The van der Waals surface area contributed by atoms with Crippen molar-refractivity contribution in [1.82, 2.24) is 9.88 Å². The Morgan fingerprint density at radius 3 is 2.78 bits per heavy atom. The lowest BCUT2D eigenvalue weighted by Gasteiger charge is -2.16. The van der Waals surface area contributed by atoms with Gasteiger partial charge in [-0.25, -0.2) is 4.79 Å². The van der Waals surface area contributed by atoms with Crippen molar-refractivity contribution in [1.29, 1.82) is 5.26 Å². The zero-order chi connectivity index (χ0) is 13.5. The molecule has 1 aromatic rings. The number of aromatic nitrogens is 1. The predicted octanol–water partition coefficient (Wildman–Crippen LogP) is 0.379. The molecule has 6 heteroatoms. The minimum atomic E-state index is -1.26. The van der Waals surface area contributed by atoms with Crippen molar-refractivity contribution in [3.8, 4) is 18.4 Å². The van der Waals surface area contributed by atoms with E-state index in [4.69, 9.17) is 16.8 Å². The van der Waals surface area contributed by atoms with Gasteiger partial charge in [0, 0.05) is 6.20 Å². The normalized spacial score (nSPS) is 9.00. The summed E-state index contributed by atoms with van der Waals surface area (Å²) in [7, 11) is 0. The molecular weight excluding hydrogens is 234 g/mol. The van der Waals surface area contributed by atoms with Gasteiger partial charge >= 0.3 is 5.97 Å². The van der Waals surface area contributed by atoms with Crippen LogP contribution in [0.1, 0.15) is 20.8 Å². The van der Waals surface area contributed by atoms with Gasteiger partial charge in [-0.05, 0) is 12.1 Å². The van der Waals surface area contributed by atoms with Gasteiger partial charge in [-0.1, -0.05) is 5.92 Å². The molecular formula is C12H9N3O3. The lowest BCUT2D eigenvalue weighted by Crippen LogP contribution is -2.33. The van der Waals surface area contributed by atoms with Gasteiger partial charge in [0.05, 0.1) is 18.2 Å². The average Bonchev–Trinajstić information content (AvgIpc) is 2.37. The highest BCUT2D eigenvalue weighted by Crippen LogP contribution is 2.08. The topological polar surface area (TPSA) is 94.3 Å². The Hall–Kier alpha value is -2.86. The van der Waals surface area contributed by atoms with Crippen LogP contribution in [0.2, 0.25) is 0 Å². The van der Waals surface area contributed by atoms with Gasteiger partial charge < -0.3 is 10.0 Å². The number of carbonyl (C=O) groups is 2. The number of carboxylic acid groups (broad SMARTS) is 1. The Labute approximate surface area is 103 Å². The maximum absolute atomic E-state index is 12.0. The van der Waals surface area contributed by atoms with Gasteiger partial charge in [0.1, 0.15) is 12.2 Å². The van der Waals surface area contributed by atoms with E-state index in [2.05, 4.69) is 10.9 Å². The number of hydrogen-bond donors (Lipinski definition) is 1. The molecule has 1 N–H and O–H groups in total. The number of carboxylic acids is 1. The first-order valence-electron chi connectivity index (χ1n) is 4.89. The molecule has 0 aliphatic carbocycles. The van der Waals surface area contributed by atoms with Crippen LogP contribution in [0.15, 0.2) is 18.3 Å². The van der Waals surface area contributed by atoms with E-state index in [0.29, 0.717) is 0 Å². The summed E-state index contributed by atoms with van der Waals surface area (Å²) in [4.78, 5) is 27.7. The largest absolute Gasteiger partial charge is 0.478 e. The average molecular weight is 243 g/mol. The van der Waals surface area contributed by atoms with Crippen LogP contribution in [0.5, 0.6) is 0 Å². The van der Waals surface area contributed by atoms with E-state index in [1.807, 2.05) is 0 Å². The molecule has 1 heterocycles. The van der Waals surface area contributed by atoms with Crippen LogP contribution in [0, 0.1) is 23.7 Å². The Kier molecular flexibility index (Phi) is 4.42. The van der Waals surface area contributed by atoms with E-state index in [1.54, 1.807) is 6.07 Å². The summed E-state index contributed by atoms with van der Waals surface area (Å²) in [6.07, 6.45) is 6.39. The van der Waals surface area contributed by atoms with Crippen molar-refractivity contribution in [3.63, 3.8) is 0 Å². The van der Waals surface area contributed by atoms with Crippen LogP contribution in [-0.4, -0.2) is 40.0 Å². The number of amides is 1. The Morgan fingerprint density at radius 1 is 1.50 bits per heavy atom. The molecule has 1 rings (SSSR count). The molecule has 0 aliphatic heterocycles. The number of nitriles is 1. The third-order valence-corrected chi connectivity index (χ3v) is 2.07. The first-order valence-corrected chi connectivity index (χ1v) is 4.89. The lowest BCUT2D eigenvalue weighted by atomic mass is 10.1. The fraction of sp³-hybridized carbons (Fsp3) is 0.167. The predicted molar refractivity (Wildman–Crippen MR) is 61.5 cm³/mol. The Bertz CT molecular complexity index is 538. The summed E-state index contributed by atoms with van der Waals surface area (Å²) in [6.45, 7) is -0.305. The molecule has 1 aromatic heterocycles. The molecule has 0 spiro atoms. The molecule has 0 radical (unpaired) electrons. The van der Waals surface area contributed by atoms with E-state index in [9.17, 15) is 9.59 Å². The van der Waals surface area contributed by atoms with E-state index in [1.165, 1.54) is 18.3 Å². The second-order valence-corrected chi connectivity index (χ2v) is 3.23. The maximum atomic E-state index is 12.0. The van der Waals surface area contributed by atoms with E-state index < -0.39 is 11.9 Å². The molecule has 0 aliphatic rings. The molecule has 0 bridgehead atoms. The molecule has 0 unspecified atom stereocenters. The van der Waals surface area contributed by atoms with Crippen LogP contribution in [0.4, 0.5) is 0 Å². The second-order valence-electron chi connectivity index (χ2n) is 3.23. The number of terminal acetylenes is 1. The van der Waals surface area contributed by atoms with Crippen LogP contribution >= 0.6 is 0 Å². The summed E-state index contributed by atoms with van der Waals surface area (Å²) >= 11 is 0. The molecule has 18 heavy (non-hydrogen) atoms. The SMILES string of the molecule is C#CCN(CC#N)C(=O)c1ncccc1C(=O)O. The molecule has 0 saturated carbocycles. The van der Waals surface area contributed by atoms with Crippen molar-refractivity contribution >= 4 is 11.9 Å². The summed E-state index contributed by atoms with van der Waals surface area (Å²) in [6, 6.07) is 4.47. The van der Waals surface area contributed by atoms with E-state index in [0.717, 1.165) is 4.90 Å². The first kappa shape index (κ1) is 13.2. The van der Waals surface area contributed by atoms with Gasteiger partial charge in [-0.3, -0.25) is 9.78 Å². The number of carbonyl (C=O) groups excluding carboxylic acids is 1. The molecule has 0 fully saturated rings. The van der Waals surface area contributed by atoms with Crippen molar-refractivity contribution in [2.75, 3.05) is 13.1 Å². The molecule has 0 atom stereocenters. The summed E-state index contributed by atoms with van der Waals surface area (Å²) in [5, 5.41) is 17.5. The summed E-state index contributed by atoms with van der Waals surface area (Å²) < 4.78 is 0. The minimum Gasteiger partial charge on any atom is -0.478 e. The highest BCUT2D eigenvalue weighted by atomic mass is 16.4. The highest BCUT2D eigenvalue weighted by molar-refractivity contribution is 6.03. The standard InChI is InChI=1S/C12H9N3O3/c1-2-7-15(8-5-13)11(16)10-9(12(17)18)4-3-6-14-10/h1,3-4,6H,7-8H2,(H,17,18). The zero-order valence-electron chi connectivity index (χ0n) is 9.33. The van der Waals surface area contributed by atoms with Gasteiger partial charge in [0.2, 0.25) is 0 Å². The number of hydrogen-bond acceptors (Lipinski definition) is 4. The highest BCUT2D eigenvalue weighted by Gasteiger charge is 2.22. The molecule has 90 valence electrons. The third-order valence-electron chi connectivity index (χ3n) is 2.07. The smallest absolute Gasteiger partial charge is 0.338 e. The summed E-state index contributed by atoms with van der Waals surface area (Å²) in [5.74, 6) is 0.297. The van der Waals surface area contributed by atoms with Crippen molar-refractivity contribution in [2.24, 2.45) is 0 Å². The van der Waals surface area contributed by atoms with Crippen LogP contribution < -0.4 is 0 Å². The molecule has 0 saturated heterocycles.